The molecule has 0 atom stereocenters. The van der Waals surface area contributed by atoms with Crippen molar-refractivity contribution >= 4 is 27.5 Å². The van der Waals surface area contributed by atoms with Crippen molar-refractivity contribution in [1.29, 1.82) is 0 Å². The minimum Gasteiger partial charge on any atom is -0.312 e. The number of rotatable bonds is 2. The number of halogens is 1. The highest BCUT2D eigenvalue weighted by molar-refractivity contribution is 9.10. The van der Waals surface area contributed by atoms with Gasteiger partial charge in [0.25, 0.3) is 0 Å². The van der Waals surface area contributed by atoms with Gasteiger partial charge in [0.2, 0.25) is 5.91 Å². The Kier molecular flexibility index (Phi) is 3.25. The molecule has 0 fully saturated rings. The number of amides is 1. The van der Waals surface area contributed by atoms with Gasteiger partial charge in [-0.05, 0) is 30.3 Å². The van der Waals surface area contributed by atoms with Crippen LogP contribution in [0, 0.1) is 0 Å². The van der Waals surface area contributed by atoms with E-state index < -0.39 is 0 Å². The van der Waals surface area contributed by atoms with Crippen LogP contribution in [0.3, 0.4) is 0 Å². The minimum absolute atomic E-state index is 0.109. The van der Waals surface area contributed by atoms with Gasteiger partial charge in [-0.1, -0.05) is 22.5 Å². The van der Waals surface area contributed by atoms with E-state index >= 15 is 0 Å². The molecule has 0 spiro atoms. The van der Waals surface area contributed by atoms with Gasteiger partial charge in [-0.25, -0.2) is 0 Å². The molecule has 1 rings (SSSR count). The average Bonchev–Trinajstić information content (AvgIpc) is 2.17. The van der Waals surface area contributed by atoms with E-state index in [-0.39, 0.29) is 5.91 Å². The molecule has 0 aliphatic carbocycles. The quantitative estimate of drug-likeness (QED) is 0.727. The highest BCUT2D eigenvalue weighted by Gasteiger charge is 2.05. The Labute approximate surface area is 86.0 Å². The van der Waals surface area contributed by atoms with Crippen molar-refractivity contribution in [3.8, 4) is 0 Å². The molecule has 0 heterocycles. The molecular weight excluding hydrogens is 230 g/mol. The molecule has 0 aliphatic rings. The summed E-state index contributed by atoms with van der Waals surface area (Å²) in [5.41, 5.74) is 0.855. The lowest BCUT2D eigenvalue weighted by molar-refractivity contribution is -0.113. The normalized spacial score (nSPS) is 9.38. The summed E-state index contributed by atoms with van der Waals surface area (Å²) in [5.74, 6) is -0.109. The van der Waals surface area contributed by atoms with Crippen molar-refractivity contribution in [2.24, 2.45) is 0 Å². The first-order valence-electron chi connectivity index (χ1n) is 3.81. The predicted molar refractivity (Wildman–Crippen MR) is 57.7 cm³/mol. The zero-order chi connectivity index (χ0) is 9.84. The number of hydrogen-bond donors (Lipinski definition) is 0. The lowest BCUT2D eigenvalue weighted by atomic mass is 10.3. The van der Waals surface area contributed by atoms with E-state index in [0.29, 0.717) is 0 Å². The fraction of sp³-hybridized carbons (Fsp3) is 0.100. The molecule has 3 heteroatoms. The highest BCUT2D eigenvalue weighted by Crippen LogP contribution is 2.17. The van der Waals surface area contributed by atoms with Gasteiger partial charge in [-0.15, -0.1) is 0 Å². The molecule has 0 aliphatic heterocycles. The Morgan fingerprint density at radius 3 is 2.46 bits per heavy atom. The summed E-state index contributed by atoms with van der Waals surface area (Å²) in [4.78, 5) is 12.7. The summed E-state index contributed by atoms with van der Waals surface area (Å²) in [5, 5.41) is 0. The van der Waals surface area contributed by atoms with Crippen molar-refractivity contribution in [2.75, 3.05) is 11.9 Å². The van der Waals surface area contributed by atoms with Gasteiger partial charge in [-0.3, -0.25) is 4.79 Å². The highest BCUT2D eigenvalue weighted by atomic mass is 79.9. The fourth-order valence-corrected chi connectivity index (χ4v) is 1.19. The molecule has 2 nitrogen and oxygen atoms in total. The maximum atomic E-state index is 11.2. The molecule has 13 heavy (non-hydrogen) atoms. The smallest absolute Gasteiger partial charge is 0.250 e. The van der Waals surface area contributed by atoms with Crippen molar-refractivity contribution in [1.82, 2.24) is 0 Å². The first-order valence-corrected chi connectivity index (χ1v) is 4.60. The van der Waals surface area contributed by atoms with Crippen LogP contribution in [0.15, 0.2) is 41.4 Å². The van der Waals surface area contributed by atoms with Gasteiger partial charge < -0.3 is 4.90 Å². The number of anilines is 1. The zero-order valence-corrected chi connectivity index (χ0v) is 8.91. The third kappa shape index (κ3) is 2.42. The molecule has 68 valence electrons. The van der Waals surface area contributed by atoms with Crippen LogP contribution in [0.25, 0.3) is 0 Å². The van der Waals surface area contributed by atoms with E-state index in [9.17, 15) is 4.79 Å². The van der Waals surface area contributed by atoms with Crippen molar-refractivity contribution in [2.45, 2.75) is 0 Å². The van der Waals surface area contributed by atoms with E-state index in [1.54, 1.807) is 11.9 Å². The van der Waals surface area contributed by atoms with Crippen LogP contribution in [-0.2, 0) is 4.79 Å². The SMILES string of the molecule is C=CC(=O)N(C)c1ccc(Br)cc1. The van der Waals surface area contributed by atoms with Gasteiger partial charge in [0.1, 0.15) is 0 Å². The zero-order valence-electron chi connectivity index (χ0n) is 7.33. The third-order valence-corrected chi connectivity index (χ3v) is 2.25. The Morgan fingerprint density at radius 2 is 2.00 bits per heavy atom. The molecule has 1 aromatic carbocycles. The predicted octanol–water partition coefficient (Wildman–Crippen LogP) is 2.60. The molecule has 1 aromatic rings. The molecule has 1 amide bonds. The summed E-state index contributed by atoms with van der Waals surface area (Å²) < 4.78 is 0.996. The maximum absolute atomic E-state index is 11.2. The van der Waals surface area contributed by atoms with E-state index in [2.05, 4.69) is 22.5 Å². The van der Waals surface area contributed by atoms with Gasteiger partial charge in [0.05, 0.1) is 0 Å². The molecule has 0 N–H and O–H groups in total. The Hall–Kier alpha value is -1.09. The van der Waals surface area contributed by atoms with Gasteiger partial charge in [-0.2, -0.15) is 0 Å². The van der Waals surface area contributed by atoms with Crippen molar-refractivity contribution in [3.05, 3.63) is 41.4 Å². The second-order valence-electron chi connectivity index (χ2n) is 2.58. The van der Waals surface area contributed by atoms with Crippen LogP contribution >= 0.6 is 15.9 Å². The molecule has 0 unspecified atom stereocenters. The molecule has 0 saturated heterocycles. The van der Waals surface area contributed by atoms with Crippen LogP contribution in [-0.4, -0.2) is 13.0 Å². The fourth-order valence-electron chi connectivity index (χ4n) is 0.929. The number of benzene rings is 1. The molecule has 0 radical (unpaired) electrons. The molecule has 0 bridgehead atoms. The Balaban J connectivity index is 2.89. The van der Waals surface area contributed by atoms with Crippen molar-refractivity contribution < 1.29 is 4.79 Å². The first-order chi connectivity index (χ1) is 6.15. The number of carbonyl (C=O) groups is 1. The summed E-state index contributed by atoms with van der Waals surface area (Å²) >= 11 is 3.33. The molecule has 0 aromatic heterocycles. The number of nitrogens with zero attached hydrogens (tertiary/aromatic N) is 1. The number of likely N-dealkylation sites (N-methyl/N-ethyl adjacent to an activating group) is 1. The largest absolute Gasteiger partial charge is 0.312 e. The van der Waals surface area contributed by atoms with Crippen LogP contribution in [0.5, 0.6) is 0 Å². The Morgan fingerprint density at radius 1 is 1.46 bits per heavy atom. The topological polar surface area (TPSA) is 20.3 Å². The van der Waals surface area contributed by atoms with E-state index in [1.807, 2.05) is 24.3 Å². The average molecular weight is 240 g/mol. The lowest BCUT2D eigenvalue weighted by Gasteiger charge is -2.14. The van der Waals surface area contributed by atoms with E-state index in [1.165, 1.54) is 6.08 Å². The van der Waals surface area contributed by atoms with E-state index in [0.717, 1.165) is 10.2 Å². The number of carbonyl (C=O) groups excluding carboxylic acids is 1. The van der Waals surface area contributed by atoms with E-state index in [4.69, 9.17) is 0 Å². The van der Waals surface area contributed by atoms with Gasteiger partial charge in [0.15, 0.2) is 0 Å². The maximum Gasteiger partial charge on any atom is 0.250 e. The third-order valence-electron chi connectivity index (χ3n) is 1.72. The molecule has 0 saturated carbocycles. The second kappa shape index (κ2) is 4.23. The van der Waals surface area contributed by atoms with Crippen LogP contribution in [0.4, 0.5) is 5.69 Å². The summed E-state index contributed by atoms with van der Waals surface area (Å²) in [6.07, 6.45) is 1.29. The van der Waals surface area contributed by atoms with Crippen LogP contribution < -0.4 is 4.90 Å². The summed E-state index contributed by atoms with van der Waals surface area (Å²) in [6, 6.07) is 7.52. The first kappa shape index (κ1) is 9.99. The Bertz CT molecular complexity index is 318. The van der Waals surface area contributed by atoms with Gasteiger partial charge >= 0.3 is 0 Å². The monoisotopic (exact) mass is 239 g/mol. The van der Waals surface area contributed by atoms with Crippen LogP contribution in [0.1, 0.15) is 0 Å². The van der Waals surface area contributed by atoms with Crippen LogP contribution in [0.2, 0.25) is 0 Å². The summed E-state index contributed by atoms with van der Waals surface area (Å²) in [6.45, 7) is 3.42. The van der Waals surface area contributed by atoms with Crippen molar-refractivity contribution in [3.63, 3.8) is 0 Å². The lowest BCUT2D eigenvalue weighted by Crippen LogP contribution is -2.23. The van der Waals surface area contributed by atoms with Gasteiger partial charge in [0, 0.05) is 17.2 Å². The standard InChI is InChI=1S/C10H10BrNO/c1-3-10(13)12(2)9-6-4-8(11)5-7-9/h3-7H,1H2,2H3. The number of hydrogen-bond acceptors (Lipinski definition) is 1. The molecular formula is C10H10BrNO. The second-order valence-corrected chi connectivity index (χ2v) is 3.49. The summed E-state index contributed by atoms with van der Waals surface area (Å²) in [7, 11) is 1.72. The minimum atomic E-state index is -0.109.